The number of anilines is 1. The minimum absolute atomic E-state index is 0.0126. The Labute approximate surface area is 216 Å². The van der Waals surface area contributed by atoms with Crippen LogP contribution in [0.15, 0.2) is 66.2 Å². The molecule has 37 heavy (non-hydrogen) atoms. The van der Waals surface area contributed by atoms with Crippen molar-refractivity contribution in [2.24, 2.45) is 0 Å². The number of rotatable bonds is 7. The molecule has 4 rings (SSSR count). The maximum absolute atomic E-state index is 13.6. The van der Waals surface area contributed by atoms with Gasteiger partial charge in [-0.1, -0.05) is 24.3 Å². The van der Waals surface area contributed by atoms with Crippen LogP contribution in [0.1, 0.15) is 42.1 Å². The van der Waals surface area contributed by atoms with E-state index >= 15 is 0 Å². The van der Waals surface area contributed by atoms with Gasteiger partial charge in [0.1, 0.15) is 23.0 Å². The zero-order chi connectivity index (χ0) is 26.9. The van der Waals surface area contributed by atoms with Crippen LogP contribution in [0.2, 0.25) is 0 Å². The number of aliphatic hydroxyl groups is 1. The third-order valence-electron chi connectivity index (χ3n) is 6.24. The maximum atomic E-state index is 13.6. The Morgan fingerprint density at radius 1 is 0.946 bits per heavy atom. The van der Waals surface area contributed by atoms with E-state index in [9.17, 15) is 14.7 Å². The molecule has 0 bridgehead atoms. The van der Waals surface area contributed by atoms with Crippen molar-refractivity contribution in [3.63, 3.8) is 0 Å². The summed E-state index contributed by atoms with van der Waals surface area (Å²) in [6.45, 7) is 7.60. The van der Waals surface area contributed by atoms with Crippen LogP contribution in [0.25, 0.3) is 5.76 Å². The molecule has 7 nitrogen and oxygen atoms in total. The van der Waals surface area contributed by atoms with Gasteiger partial charge < -0.3 is 19.3 Å². The predicted octanol–water partition coefficient (Wildman–Crippen LogP) is 5.73. The number of carbonyl (C=O) groups excluding carboxylic acids is 2. The standard InChI is InChI=1S/C30H31NO6/c1-17(2)37-21-13-11-20(12-14-21)31-26(22-9-7-8-10-24(22)35-5)25(28(33)30(31)34)27(32)23-16-18(3)15-19(4)29(23)36-6/h7-17,26,32H,1-6H3/b27-25+. The molecule has 3 aromatic carbocycles. The highest BCUT2D eigenvalue weighted by molar-refractivity contribution is 6.51. The van der Waals surface area contributed by atoms with Crippen molar-refractivity contribution in [3.8, 4) is 17.2 Å². The zero-order valence-corrected chi connectivity index (χ0v) is 21.9. The lowest BCUT2D eigenvalue weighted by Crippen LogP contribution is -2.29. The number of ketones is 1. The van der Waals surface area contributed by atoms with Gasteiger partial charge in [0, 0.05) is 11.3 Å². The molecule has 1 atom stereocenters. The largest absolute Gasteiger partial charge is 0.507 e. The molecule has 1 unspecified atom stereocenters. The summed E-state index contributed by atoms with van der Waals surface area (Å²) in [4.78, 5) is 28.5. The SMILES string of the molecule is COc1ccccc1C1/C(=C(\O)c2cc(C)cc(C)c2OC)C(=O)C(=O)N1c1ccc(OC(C)C)cc1. The van der Waals surface area contributed by atoms with Crippen LogP contribution in [0.5, 0.6) is 17.2 Å². The van der Waals surface area contributed by atoms with Crippen LogP contribution in [-0.4, -0.2) is 37.1 Å². The predicted molar refractivity (Wildman–Crippen MR) is 142 cm³/mol. The second-order valence-electron chi connectivity index (χ2n) is 9.23. The molecule has 0 spiro atoms. The number of ether oxygens (including phenoxy) is 3. The molecule has 1 aliphatic rings. The molecule has 1 aliphatic heterocycles. The summed E-state index contributed by atoms with van der Waals surface area (Å²) in [7, 11) is 3.03. The number of hydrogen-bond acceptors (Lipinski definition) is 6. The van der Waals surface area contributed by atoms with Crippen molar-refractivity contribution in [3.05, 3.63) is 88.5 Å². The Balaban J connectivity index is 1.97. The number of benzene rings is 3. The highest BCUT2D eigenvalue weighted by Gasteiger charge is 2.48. The Bertz CT molecular complexity index is 1370. The van der Waals surface area contributed by atoms with Crippen LogP contribution in [-0.2, 0) is 9.59 Å². The first-order valence-corrected chi connectivity index (χ1v) is 12.0. The molecular formula is C30H31NO6. The minimum atomic E-state index is -0.932. The number of aryl methyl sites for hydroxylation is 2. The summed E-state index contributed by atoms with van der Waals surface area (Å²) >= 11 is 0. The minimum Gasteiger partial charge on any atom is -0.507 e. The molecule has 3 aromatic rings. The molecule has 0 saturated carbocycles. The topological polar surface area (TPSA) is 85.3 Å². The fourth-order valence-corrected chi connectivity index (χ4v) is 4.79. The van der Waals surface area contributed by atoms with Gasteiger partial charge in [-0.2, -0.15) is 0 Å². The molecule has 192 valence electrons. The van der Waals surface area contributed by atoms with Crippen molar-refractivity contribution in [1.82, 2.24) is 0 Å². The first-order chi connectivity index (χ1) is 17.7. The molecule has 1 amide bonds. The molecule has 1 heterocycles. The van der Waals surface area contributed by atoms with Crippen LogP contribution in [0, 0.1) is 13.8 Å². The molecule has 1 N–H and O–H groups in total. The smallest absolute Gasteiger partial charge is 0.300 e. The van der Waals surface area contributed by atoms with Gasteiger partial charge in [-0.15, -0.1) is 0 Å². The van der Waals surface area contributed by atoms with Crippen LogP contribution in [0.4, 0.5) is 5.69 Å². The van der Waals surface area contributed by atoms with Gasteiger partial charge in [0.25, 0.3) is 11.7 Å². The summed E-state index contributed by atoms with van der Waals surface area (Å²) in [5.41, 5.74) is 3.03. The van der Waals surface area contributed by atoms with E-state index in [1.807, 2.05) is 33.8 Å². The van der Waals surface area contributed by atoms with Crippen LogP contribution < -0.4 is 19.1 Å². The fourth-order valence-electron chi connectivity index (χ4n) is 4.79. The van der Waals surface area contributed by atoms with Gasteiger partial charge >= 0.3 is 0 Å². The second kappa shape index (κ2) is 10.4. The molecule has 0 aliphatic carbocycles. The number of carbonyl (C=O) groups is 2. The number of Topliss-reactive ketones (excluding diaryl/α,β-unsaturated/α-hetero) is 1. The summed E-state index contributed by atoms with van der Waals surface area (Å²) in [6, 6.07) is 16.8. The van der Waals surface area contributed by atoms with E-state index in [1.54, 1.807) is 54.6 Å². The number of hydrogen-bond donors (Lipinski definition) is 1. The fraction of sp³-hybridized carbons (Fsp3) is 0.267. The first-order valence-electron chi connectivity index (χ1n) is 12.0. The first kappa shape index (κ1) is 25.8. The Hall–Kier alpha value is -4.26. The Kier molecular flexibility index (Phi) is 7.25. The van der Waals surface area contributed by atoms with E-state index in [-0.39, 0.29) is 17.4 Å². The number of amides is 1. The molecule has 7 heteroatoms. The van der Waals surface area contributed by atoms with Gasteiger partial charge in [-0.05, 0) is 75.2 Å². The number of nitrogens with zero attached hydrogens (tertiary/aromatic N) is 1. The maximum Gasteiger partial charge on any atom is 0.300 e. The molecule has 1 fully saturated rings. The van der Waals surface area contributed by atoms with E-state index < -0.39 is 17.7 Å². The average molecular weight is 502 g/mol. The number of methoxy groups -OCH3 is 2. The van der Waals surface area contributed by atoms with Crippen molar-refractivity contribution >= 4 is 23.1 Å². The summed E-state index contributed by atoms with van der Waals surface area (Å²) < 4.78 is 16.9. The van der Waals surface area contributed by atoms with Crippen LogP contribution in [0.3, 0.4) is 0 Å². The number of para-hydroxylation sites is 1. The van der Waals surface area contributed by atoms with Gasteiger partial charge in [0.2, 0.25) is 0 Å². The normalized spacial score (nSPS) is 16.8. The van der Waals surface area contributed by atoms with Gasteiger partial charge in [-0.25, -0.2) is 0 Å². The van der Waals surface area contributed by atoms with Crippen molar-refractivity contribution in [2.45, 2.75) is 39.8 Å². The third kappa shape index (κ3) is 4.77. The third-order valence-corrected chi connectivity index (χ3v) is 6.24. The zero-order valence-electron chi connectivity index (χ0n) is 21.9. The molecule has 0 radical (unpaired) electrons. The lowest BCUT2D eigenvalue weighted by Gasteiger charge is -2.27. The van der Waals surface area contributed by atoms with Gasteiger partial charge in [0.05, 0.1) is 37.5 Å². The Morgan fingerprint density at radius 2 is 1.62 bits per heavy atom. The van der Waals surface area contributed by atoms with E-state index in [0.29, 0.717) is 34.1 Å². The average Bonchev–Trinajstić information content (AvgIpc) is 3.13. The van der Waals surface area contributed by atoms with E-state index in [1.165, 1.54) is 19.1 Å². The summed E-state index contributed by atoms with van der Waals surface area (Å²) in [6.07, 6.45) is -0.0126. The van der Waals surface area contributed by atoms with Crippen molar-refractivity contribution in [2.75, 3.05) is 19.1 Å². The molecule has 1 saturated heterocycles. The van der Waals surface area contributed by atoms with Gasteiger partial charge in [-0.3, -0.25) is 14.5 Å². The van der Waals surface area contributed by atoms with Gasteiger partial charge in [0.15, 0.2) is 0 Å². The lowest BCUT2D eigenvalue weighted by molar-refractivity contribution is -0.132. The van der Waals surface area contributed by atoms with Crippen molar-refractivity contribution < 1.29 is 28.9 Å². The highest BCUT2D eigenvalue weighted by atomic mass is 16.5. The summed E-state index contributed by atoms with van der Waals surface area (Å²) in [5.74, 6) is -0.291. The summed E-state index contributed by atoms with van der Waals surface area (Å²) in [5, 5.41) is 11.6. The monoisotopic (exact) mass is 501 g/mol. The highest BCUT2D eigenvalue weighted by Crippen LogP contribution is 2.46. The van der Waals surface area contributed by atoms with E-state index in [0.717, 1.165) is 11.1 Å². The lowest BCUT2D eigenvalue weighted by atomic mass is 9.93. The van der Waals surface area contributed by atoms with Crippen LogP contribution >= 0.6 is 0 Å². The Morgan fingerprint density at radius 3 is 2.24 bits per heavy atom. The van der Waals surface area contributed by atoms with E-state index in [2.05, 4.69) is 0 Å². The number of aliphatic hydroxyl groups excluding tert-OH is 1. The molecular weight excluding hydrogens is 470 g/mol. The van der Waals surface area contributed by atoms with Crippen molar-refractivity contribution in [1.29, 1.82) is 0 Å². The molecule has 0 aromatic heterocycles. The quantitative estimate of drug-likeness (QED) is 0.253. The van der Waals surface area contributed by atoms with E-state index in [4.69, 9.17) is 14.2 Å². The second-order valence-corrected chi connectivity index (χ2v) is 9.23.